The molecule has 4 rings (SSSR count). The van der Waals surface area contributed by atoms with Crippen molar-refractivity contribution in [1.29, 1.82) is 0 Å². The van der Waals surface area contributed by atoms with Crippen LogP contribution in [0.5, 0.6) is 11.5 Å². The van der Waals surface area contributed by atoms with Crippen molar-refractivity contribution < 1.29 is 14.3 Å². The monoisotopic (exact) mass is 404 g/mol. The highest BCUT2D eigenvalue weighted by atomic mass is 16.5. The molecule has 1 unspecified atom stereocenters. The zero-order valence-corrected chi connectivity index (χ0v) is 17.5. The highest BCUT2D eigenvalue weighted by Gasteiger charge is 2.34. The number of nitrogens with zero attached hydrogens (tertiary/aromatic N) is 3. The number of amides is 1. The maximum atomic E-state index is 13.1. The third-order valence-corrected chi connectivity index (χ3v) is 5.37. The third-order valence-electron chi connectivity index (χ3n) is 5.37. The molecule has 30 heavy (non-hydrogen) atoms. The van der Waals surface area contributed by atoms with Gasteiger partial charge in [0.25, 0.3) is 5.91 Å². The Labute approximate surface area is 175 Å². The van der Waals surface area contributed by atoms with E-state index in [2.05, 4.69) is 15.3 Å². The van der Waals surface area contributed by atoms with Crippen molar-refractivity contribution >= 4 is 17.4 Å². The number of aryl methyl sites for hydroxylation is 1. The van der Waals surface area contributed by atoms with Crippen LogP contribution in [0.1, 0.15) is 40.1 Å². The summed E-state index contributed by atoms with van der Waals surface area (Å²) in [6, 6.07) is 13.2. The van der Waals surface area contributed by atoms with Crippen LogP contribution in [0.25, 0.3) is 0 Å². The Kier molecular flexibility index (Phi) is 5.27. The molecule has 0 bridgehead atoms. The summed E-state index contributed by atoms with van der Waals surface area (Å²) in [5.41, 5.74) is 4.41. The molecule has 1 atom stereocenters. The van der Waals surface area contributed by atoms with Gasteiger partial charge in [0.15, 0.2) is 0 Å². The van der Waals surface area contributed by atoms with Crippen LogP contribution < -0.4 is 14.8 Å². The molecule has 1 aliphatic rings. The number of carbonyl (C=O) groups excluding carboxylic acids is 1. The Morgan fingerprint density at radius 3 is 2.63 bits per heavy atom. The Bertz CT molecular complexity index is 1100. The number of benzene rings is 2. The molecular weight excluding hydrogens is 380 g/mol. The lowest BCUT2D eigenvalue weighted by Crippen LogP contribution is -2.26. The number of anilines is 2. The zero-order chi connectivity index (χ0) is 21.3. The Morgan fingerprint density at radius 1 is 1.07 bits per heavy atom. The molecule has 0 fully saturated rings. The first-order chi connectivity index (χ1) is 14.5. The van der Waals surface area contributed by atoms with Crippen LogP contribution in [-0.2, 0) is 6.54 Å². The summed E-state index contributed by atoms with van der Waals surface area (Å²) in [4.78, 5) is 23.3. The van der Waals surface area contributed by atoms with Gasteiger partial charge in [0.1, 0.15) is 23.6 Å². The van der Waals surface area contributed by atoms with E-state index in [9.17, 15) is 4.79 Å². The minimum Gasteiger partial charge on any atom is -0.497 e. The van der Waals surface area contributed by atoms with E-state index in [-0.39, 0.29) is 11.9 Å². The zero-order valence-electron chi connectivity index (χ0n) is 17.5. The van der Waals surface area contributed by atoms with Gasteiger partial charge in [-0.1, -0.05) is 0 Å². The van der Waals surface area contributed by atoms with E-state index in [0.717, 1.165) is 39.6 Å². The van der Waals surface area contributed by atoms with Crippen LogP contribution >= 0.6 is 0 Å². The Balaban J connectivity index is 1.58. The largest absolute Gasteiger partial charge is 0.497 e. The summed E-state index contributed by atoms with van der Waals surface area (Å²) >= 11 is 0. The van der Waals surface area contributed by atoms with Crippen molar-refractivity contribution in [3.05, 3.63) is 71.2 Å². The summed E-state index contributed by atoms with van der Waals surface area (Å²) < 4.78 is 10.8. The highest BCUT2D eigenvalue weighted by Crippen LogP contribution is 2.38. The van der Waals surface area contributed by atoms with Crippen LogP contribution in [0.4, 0.5) is 11.5 Å². The van der Waals surface area contributed by atoms with Gasteiger partial charge in [0.05, 0.1) is 26.8 Å². The maximum absolute atomic E-state index is 13.1. The Morgan fingerprint density at radius 2 is 1.90 bits per heavy atom. The van der Waals surface area contributed by atoms with E-state index in [1.54, 1.807) is 14.2 Å². The Hall–Kier alpha value is -3.61. The number of aromatic nitrogens is 2. The predicted octanol–water partition coefficient (Wildman–Crippen LogP) is 4.26. The SMILES string of the molecule is COc1ccc(CN2C(=O)c3ccc(Nc4cc(C)ncn4)cc3C2C)c(OC)c1. The van der Waals surface area contributed by atoms with Crippen molar-refractivity contribution in [3.8, 4) is 11.5 Å². The average molecular weight is 404 g/mol. The molecule has 3 aromatic rings. The topological polar surface area (TPSA) is 76.6 Å². The van der Waals surface area contributed by atoms with E-state index < -0.39 is 0 Å². The molecule has 0 saturated heterocycles. The standard InChI is InChI=1S/C23H24N4O3/c1-14-9-22(25-13-24-14)26-17-6-8-19-20(10-17)15(2)27(23(19)28)12-16-5-7-18(29-3)11-21(16)30-4/h5-11,13,15H,12H2,1-4H3,(H,24,25,26). The fraction of sp³-hybridized carbons (Fsp3) is 0.261. The molecule has 7 heteroatoms. The number of hydrogen-bond donors (Lipinski definition) is 1. The summed E-state index contributed by atoms with van der Waals surface area (Å²) in [5, 5.41) is 3.29. The molecule has 1 amide bonds. The third kappa shape index (κ3) is 3.66. The molecule has 7 nitrogen and oxygen atoms in total. The summed E-state index contributed by atoms with van der Waals surface area (Å²) in [5.74, 6) is 2.15. The molecule has 1 N–H and O–H groups in total. The number of hydrogen-bond acceptors (Lipinski definition) is 6. The number of methoxy groups -OCH3 is 2. The van der Waals surface area contributed by atoms with Gasteiger partial charge in [-0.3, -0.25) is 4.79 Å². The number of nitrogens with one attached hydrogen (secondary N) is 1. The number of carbonyl (C=O) groups is 1. The van der Waals surface area contributed by atoms with Crippen LogP contribution in [0.15, 0.2) is 48.8 Å². The first-order valence-electron chi connectivity index (χ1n) is 9.71. The first kappa shape index (κ1) is 19.7. The second-order valence-corrected chi connectivity index (χ2v) is 7.26. The van der Waals surface area contributed by atoms with Gasteiger partial charge in [0.2, 0.25) is 0 Å². The average Bonchev–Trinajstić information content (AvgIpc) is 2.98. The number of ether oxygens (including phenoxy) is 2. The van der Waals surface area contributed by atoms with Crippen LogP contribution in [0, 0.1) is 6.92 Å². The normalized spacial score (nSPS) is 15.1. The van der Waals surface area contributed by atoms with Gasteiger partial charge in [-0.25, -0.2) is 9.97 Å². The van der Waals surface area contributed by atoms with Gasteiger partial charge in [-0.2, -0.15) is 0 Å². The smallest absolute Gasteiger partial charge is 0.255 e. The van der Waals surface area contributed by atoms with Gasteiger partial charge in [-0.05, 0) is 49.7 Å². The minimum atomic E-state index is -0.0619. The van der Waals surface area contributed by atoms with Crippen molar-refractivity contribution in [1.82, 2.24) is 14.9 Å². The fourth-order valence-electron chi connectivity index (χ4n) is 3.72. The van der Waals surface area contributed by atoms with Crippen molar-refractivity contribution in [2.45, 2.75) is 26.4 Å². The quantitative estimate of drug-likeness (QED) is 0.661. The number of fused-ring (bicyclic) bond motifs is 1. The molecule has 1 aliphatic heterocycles. The van der Waals surface area contributed by atoms with Gasteiger partial charge < -0.3 is 19.7 Å². The molecule has 2 heterocycles. The number of rotatable bonds is 6. The molecule has 0 spiro atoms. The van der Waals surface area contributed by atoms with Crippen molar-refractivity contribution in [3.63, 3.8) is 0 Å². The first-order valence-corrected chi connectivity index (χ1v) is 9.71. The molecule has 0 saturated carbocycles. The van der Waals surface area contributed by atoms with E-state index in [4.69, 9.17) is 9.47 Å². The molecule has 1 aromatic heterocycles. The maximum Gasteiger partial charge on any atom is 0.255 e. The van der Waals surface area contributed by atoms with Crippen LogP contribution in [0.2, 0.25) is 0 Å². The lowest BCUT2D eigenvalue weighted by Gasteiger charge is -2.23. The van der Waals surface area contributed by atoms with Crippen LogP contribution in [0.3, 0.4) is 0 Å². The van der Waals surface area contributed by atoms with Crippen molar-refractivity contribution in [2.24, 2.45) is 0 Å². The lowest BCUT2D eigenvalue weighted by molar-refractivity contribution is 0.0721. The molecular formula is C23H24N4O3. The highest BCUT2D eigenvalue weighted by molar-refractivity contribution is 5.99. The second kappa shape index (κ2) is 8.02. The van der Waals surface area contributed by atoms with E-state index in [0.29, 0.717) is 12.3 Å². The second-order valence-electron chi connectivity index (χ2n) is 7.26. The van der Waals surface area contributed by atoms with Crippen LogP contribution in [-0.4, -0.2) is 35.0 Å². The van der Waals surface area contributed by atoms with E-state index in [1.807, 2.05) is 61.2 Å². The predicted molar refractivity (Wildman–Crippen MR) is 114 cm³/mol. The van der Waals surface area contributed by atoms with Gasteiger partial charge >= 0.3 is 0 Å². The molecule has 154 valence electrons. The molecule has 2 aromatic carbocycles. The molecule has 0 aliphatic carbocycles. The fourth-order valence-corrected chi connectivity index (χ4v) is 3.72. The van der Waals surface area contributed by atoms with E-state index >= 15 is 0 Å². The molecule has 0 radical (unpaired) electrons. The summed E-state index contributed by atoms with van der Waals surface area (Å²) in [6.45, 7) is 4.41. The van der Waals surface area contributed by atoms with Crippen molar-refractivity contribution in [2.75, 3.05) is 19.5 Å². The van der Waals surface area contributed by atoms with E-state index in [1.165, 1.54) is 6.33 Å². The minimum absolute atomic E-state index is 0.0137. The lowest BCUT2D eigenvalue weighted by atomic mass is 10.0. The van der Waals surface area contributed by atoms with Gasteiger partial charge in [0, 0.05) is 34.6 Å². The summed E-state index contributed by atoms with van der Waals surface area (Å²) in [7, 11) is 3.24. The van der Waals surface area contributed by atoms with Gasteiger partial charge in [-0.15, -0.1) is 0 Å². The summed E-state index contributed by atoms with van der Waals surface area (Å²) in [6.07, 6.45) is 1.53.